The third-order valence-corrected chi connectivity index (χ3v) is 7.51. The SMILES string of the molecule is CCc1ccc(CC)c(CNC(=O)CN(c2cc(Cl)cc(Cl)c2)S(=O)(=O)c2ccccc2)c1. The molecule has 0 aliphatic heterocycles. The van der Waals surface area contributed by atoms with E-state index in [1.165, 1.54) is 35.9 Å². The van der Waals surface area contributed by atoms with Crippen molar-refractivity contribution in [3.63, 3.8) is 0 Å². The maximum absolute atomic E-state index is 13.4. The molecule has 0 aromatic heterocycles. The first-order chi connectivity index (χ1) is 15.7. The van der Waals surface area contributed by atoms with Crippen LogP contribution >= 0.6 is 23.2 Å². The lowest BCUT2D eigenvalue weighted by molar-refractivity contribution is -0.119. The third-order valence-electron chi connectivity index (χ3n) is 5.29. The molecule has 0 spiro atoms. The van der Waals surface area contributed by atoms with Crippen LogP contribution < -0.4 is 9.62 Å². The number of nitrogens with zero attached hydrogens (tertiary/aromatic N) is 1. The molecule has 0 atom stereocenters. The van der Waals surface area contributed by atoms with Gasteiger partial charge in [0.1, 0.15) is 6.54 Å². The fourth-order valence-electron chi connectivity index (χ4n) is 3.51. The molecule has 0 aliphatic rings. The van der Waals surface area contributed by atoms with E-state index in [9.17, 15) is 13.2 Å². The van der Waals surface area contributed by atoms with Gasteiger partial charge in [-0.15, -0.1) is 0 Å². The van der Waals surface area contributed by atoms with Crippen LogP contribution in [0.4, 0.5) is 5.69 Å². The Hall–Kier alpha value is -2.54. The summed E-state index contributed by atoms with van der Waals surface area (Å²) in [6, 6.07) is 18.6. The Balaban J connectivity index is 1.89. The summed E-state index contributed by atoms with van der Waals surface area (Å²) in [7, 11) is -4.03. The second-order valence-electron chi connectivity index (χ2n) is 7.54. The van der Waals surface area contributed by atoms with Gasteiger partial charge in [0, 0.05) is 16.6 Å². The molecule has 0 saturated carbocycles. The number of carbonyl (C=O) groups is 1. The number of amides is 1. The number of rotatable bonds is 9. The summed E-state index contributed by atoms with van der Waals surface area (Å²) >= 11 is 12.2. The average molecular weight is 505 g/mol. The molecule has 0 heterocycles. The van der Waals surface area contributed by atoms with E-state index in [0.29, 0.717) is 6.54 Å². The minimum atomic E-state index is -4.03. The van der Waals surface area contributed by atoms with Gasteiger partial charge < -0.3 is 5.32 Å². The second kappa shape index (κ2) is 11.1. The topological polar surface area (TPSA) is 66.5 Å². The predicted molar refractivity (Wildman–Crippen MR) is 134 cm³/mol. The Morgan fingerprint density at radius 3 is 2.15 bits per heavy atom. The van der Waals surface area contributed by atoms with Gasteiger partial charge in [0.15, 0.2) is 0 Å². The zero-order valence-electron chi connectivity index (χ0n) is 18.5. The van der Waals surface area contributed by atoms with Crippen LogP contribution in [0.5, 0.6) is 0 Å². The highest BCUT2D eigenvalue weighted by molar-refractivity contribution is 7.92. The van der Waals surface area contributed by atoms with E-state index in [1.807, 2.05) is 0 Å². The Morgan fingerprint density at radius 2 is 1.55 bits per heavy atom. The maximum Gasteiger partial charge on any atom is 0.264 e. The molecule has 0 fully saturated rings. The molecule has 5 nitrogen and oxygen atoms in total. The Labute approximate surface area is 205 Å². The molecule has 174 valence electrons. The van der Waals surface area contributed by atoms with Crippen molar-refractivity contribution >= 4 is 44.8 Å². The minimum Gasteiger partial charge on any atom is -0.350 e. The molecule has 0 unspecified atom stereocenters. The van der Waals surface area contributed by atoms with Crippen molar-refractivity contribution in [2.45, 2.75) is 38.1 Å². The predicted octanol–water partition coefficient (Wildman–Crippen LogP) is 5.63. The zero-order chi connectivity index (χ0) is 24.0. The molecule has 8 heteroatoms. The normalized spacial score (nSPS) is 11.3. The van der Waals surface area contributed by atoms with Crippen LogP contribution in [-0.4, -0.2) is 20.9 Å². The standard InChI is InChI=1S/C25H26Cl2N2O3S/c1-3-18-10-11-19(4-2)20(12-18)16-28-25(30)17-29(23-14-21(26)13-22(27)15-23)33(31,32)24-8-6-5-7-9-24/h5-15H,3-4,16-17H2,1-2H3,(H,28,30). The first kappa shape index (κ1) is 25.1. The Morgan fingerprint density at radius 1 is 0.879 bits per heavy atom. The van der Waals surface area contributed by atoms with Gasteiger partial charge in [0.25, 0.3) is 10.0 Å². The number of hydrogen-bond acceptors (Lipinski definition) is 3. The van der Waals surface area contributed by atoms with Crippen LogP contribution in [-0.2, 0) is 34.2 Å². The molecule has 3 aromatic rings. The fourth-order valence-corrected chi connectivity index (χ4v) is 5.45. The van der Waals surface area contributed by atoms with E-state index in [2.05, 4.69) is 37.4 Å². The molecule has 0 aliphatic carbocycles. The molecule has 1 N–H and O–H groups in total. The lowest BCUT2D eigenvalue weighted by Crippen LogP contribution is -2.40. The summed E-state index contributed by atoms with van der Waals surface area (Å²) in [6.45, 7) is 4.03. The molecule has 33 heavy (non-hydrogen) atoms. The third kappa shape index (κ3) is 6.28. The summed E-state index contributed by atoms with van der Waals surface area (Å²) in [5, 5.41) is 3.41. The van der Waals surface area contributed by atoms with Gasteiger partial charge in [0.05, 0.1) is 10.6 Å². The van der Waals surface area contributed by atoms with Gasteiger partial charge in [-0.05, 0) is 59.9 Å². The first-order valence-electron chi connectivity index (χ1n) is 10.7. The first-order valence-corrected chi connectivity index (χ1v) is 12.9. The van der Waals surface area contributed by atoms with Crippen LogP contribution in [0, 0.1) is 0 Å². The van der Waals surface area contributed by atoms with Crippen LogP contribution in [0.3, 0.4) is 0 Å². The van der Waals surface area contributed by atoms with Gasteiger partial charge in [-0.2, -0.15) is 0 Å². The second-order valence-corrected chi connectivity index (χ2v) is 10.3. The van der Waals surface area contributed by atoms with E-state index >= 15 is 0 Å². The number of carbonyl (C=O) groups excluding carboxylic acids is 1. The van der Waals surface area contributed by atoms with E-state index in [-0.39, 0.29) is 20.6 Å². The van der Waals surface area contributed by atoms with Crippen molar-refractivity contribution in [2.75, 3.05) is 10.8 Å². The quantitative estimate of drug-likeness (QED) is 0.410. The van der Waals surface area contributed by atoms with E-state index < -0.39 is 22.5 Å². The number of benzene rings is 3. The summed E-state index contributed by atoms with van der Waals surface area (Å²) in [4.78, 5) is 13.0. The molecular weight excluding hydrogens is 479 g/mol. The van der Waals surface area contributed by atoms with Crippen LogP contribution in [0.15, 0.2) is 71.6 Å². The molecule has 0 saturated heterocycles. The van der Waals surface area contributed by atoms with Crippen molar-refractivity contribution in [3.05, 3.63) is 93.5 Å². The van der Waals surface area contributed by atoms with Gasteiger partial charge in [-0.1, -0.05) is 73.4 Å². The van der Waals surface area contributed by atoms with Gasteiger partial charge in [-0.3, -0.25) is 9.10 Å². The van der Waals surface area contributed by atoms with Gasteiger partial charge in [0.2, 0.25) is 5.91 Å². The largest absolute Gasteiger partial charge is 0.350 e. The average Bonchev–Trinajstić information content (AvgIpc) is 2.80. The van der Waals surface area contributed by atoms with Crippen molar-refractivity contribution < 1.29 is 13.2 Å². The summed E-state index contributed by atoms with van der Waals surface area (Å²) in [5.41, 5.74) is 3.56. The molecule has 0 radical (unpaired) electrons. The molecular formula is C25H26Cl2N2O3S. The van der Waals surface area contributed by atoms with E-state index in [0.717, 1.165) is 28.3 Å². The Kier molecular flexibility index (Phi) is 8.40. The number of aryl methyl sites for hydroxylation is 2. The van der Waals surface area contributed by atoms with Gasteiger partial charge >= 0.3 is 0 Å². The Bertz CT molecular complexity index is 1210. The smallest absolute Gasteiger partial charge is 0.264 e. The number of anilines is 1. The molecule has 1 amide bonds. The maximum atomic E-state index is 13.4. The van der Waals surface area contributed by atoms with Gasteiger partial charge in [-0.25, -0.2) is 8.42 Å². The van der Waals surface area contributed by atoms with Crippen molar-refractivity contribution in [2.24, 2.45) is 0 Å². The van der Waals surface area contributed by atoms with Crippen LogP contribution in [0.1, 0.15) is 30.5 Å². The van der Waals surface area contributed by atoms with Crippen molar-refractivity contribution in [1.29, 1.82) is 0 Å². The molecule has 0 bridgehead atoms. The van der Waals surface area contributed by atoms with E-state index in [4.69, 9.17) is 23.2 Å². The fraction of sp³-hybridized carbons (Fsp3) is 0.240. The highest BCUT2D eigenvalue weighted by atomic mass is 35.5. The van der Waals surface area contributed by atoms with E-state index in [1.54, 1.807) is 18.2 Å². The lowest BCUT2D eigenvalue weighted by Gasteiger charge is -2.24. The van der Waals surface area contributed by atoms with Crippen LogP contribution in [0.25, 0.3) is 0 Å². The summed E-state index contributed by atoms with van der Waals surface area (Å²) in [6.07, 6.45) is 1.73. The van der Waals surface area contributed by atoms with Crippen molar-refractivity contribution in [1.82, 2.24) is 5.32 Å². The number of halogens is 2. The summed E-state index contributed by atoms with van der Waals surface area (Å²) < 4.78 is 27.8. The highest BCUT2D eigenvalue weighted by Crippen LogP contribution is 2.29. The van der Waals surface area contributed by atoms with Crippen molar-refractivity contribution in [3.8, 4) is 0 Å². The minimum absolute atomic E-state index is 0.0674. The monoisotopic (exact) mass is 504 g/mol. The molecule has 3 rings (SSSR count). The highest BCUT2D eigenvalue weighted by Gasteiger charge is 2.27. The molecule has 3 aromatic carbocycles. The lowest BCUT2D eigenvalue weighted by atomic mass is 10.0. The number of sulfonamides is 1. The number of nitrogens with one attached hydrogen (secondary N) is 1. The number of hydrogen-bond donors (Lipinski definition) is 1. The zero-order valence-corrected chi connectivity index (χ0v) is 20.8. The summed E-state index contributed by atoms with van der Waals surface area (Å²) in [5.74, 6) is -0.436. The van der Waals surface area contributed by atoms with Crippen LogP contribution in [0.2, 0.25) is 10.0 Å².